The number of nitrogens with zero attached hydrogens (tertiary/aromatic N) is 2. The van der Waals surface area contributed by atoms with Gasteiger partial charge in [0.05, 0.1) is 18.5 Å². The molecule has 1 aromatic carbocycles. The van der Waals surface area contributed by atoms with Gasteiger partial charge in [0.1, 0.15) is 11.8 Å². The highest BCUT2D eigenvalue weighted by molar-refractivity contribution is 6.30. The summed E-state index contributed by atoms with van der Waals surface area (Å²) in [6.45, 7) is 5.57. The van der Waals surface area contributed by atoms with Gasteiger partial charge in [0, 0.05) is 17.4 Å². The first-order valence-electron chi connectivity index (χ1n) is 8.55. The lowest BCUT2D eigenvalue weighted by Crippen LogP contribution is -2.87. The first-order valence-corrected chi connectivity index (χ1v) is 8.93. The monoisotopic (exact) mass is 360 g/mol. The van der Waals surface area contributed by atoms with E-state index in [2.05, 4.69) is 18.9 Å². The van der Waals surface area contributed by atoms with Crippen LogP contribution in [0.25, 0.3) is 0 Å². The van der Waals surface area contributed by atoms with Crippen molar-refractivity contribution < 1.29 is 14.5 Å². The maximum Gasteiger partial charge on any atom is 0.298 e. The van der Waals surface area contributed by atoms with Crippen molar-refractivity contribution in [3.63, 3.8) is 0 Å². The van der Waals surface area contributed by atoms with E-state index in [0.717, 1.165) is 23.6 Å². The number of rotatable bonds is 6. The summed E-state index contributed by atoms with van der Waals surface area (Å²) in [4.78, 5) is 12.7. The van der Waals surface area contributed by atoms with E-state index in [1.807, 2.05) is 41.7 Å². The molecule has 0 fully saturated rings. The molecule has 1 aliphatic heterocycles. The first-order chi connectivity index (χ1) is 12.0. The van der Waals surface area contributed by atoms with Crippen LogP contribution in [0.4, 0.5) is 0 Å². The summed E-state index contributed by atoms with van der Waals surface area (Å²) >= 11 is 5.97. The van der Waals surface area contributed by atoms with E-state index in [-0.39, 0.29) is 11.9 Å². The second kappa shape index (κ2) is 7.85. The zero-order chi connectivity index (χ0) is 17.8. The first kappa shape index (κ1) is 17.7. The number of hydrogen-bond donors (Lipinski definition) is 1. The molecule has 5 nitrogen and oxygen atoms in total. The van der Waals surface area contributed by atoms with E-state index in [1.165, 1.54) is 0 Å². The molecule has 132 valence electrons. The maximum absolute atomic E-state index is 12.7. The molecule has 0 radical (unpaired) electrons. The zero-order valence-corrected chi connectivity index (χ0v) is 15.2. The molecule has 2 N–H and O–H groups in total. The fourth-order valence-electron chi connectivity index (χ4n) is 2.89. The Hall–Kier alpha value is -2.11. The Morgan fingerprint density at radius 1 is 1.36 bits per heavy atom. The SMILES string of the molecule is CC(C)C[NH2+]CC(=O)N1N=C(c2ccc(Cl)cc2)C[C@@H]1c1ccco1. The molecule has 1 aromatic heterocycles. The summed E-state index contributed by atoms with van der Waals surface area (Å²) < 4.78 is 5.55. The molecule has 0 unspecified atom stereocenters. The van der Waals surface area contributed by atoms with Gasteiger partial charge in [-0.2, -0.15) is 5.10 Å². The molecule has 2 heterocycles. The lowest BCUT2D eigenvalue weighted by Gasteiger charge is -2.19. The van der Waals surface area contributed by atoms with Crippen molar-refractivity contribution in [1.29, 1.82) is 0 Å². The van der Waals surface area contributed by atoms with Crippen LogP contribution >= 0.6 is 11.6 Å². The summed E-state index contributed by atoms with van der Waals surface area (Å²) in [7, 11) is 0. The molecule has 1 amide bonds. The summed E-state index contributed by atoms with van der Waals surface area (Å²) in [6.07, 6.45) is 2.26. The summed E-state index contributed by atoms with van der Waals surface area (Å²) in [5.74, 6) is 1.29. The van der Waals surface area contributed by atoms with E-state index in [1.54, 1.807) is 11.3 Å². The van der Waals surface area contributed by atoms with Gasteiger partial charge in [-0.3, -0.25) is 4.79 Å². The number of furan rings is 1. The predicted octanol–water partition coefficient (Wildman–Crippen LogP) is 2.83. The predicted molar refractivity (Wildman–Crippen MR) is 97.4 cm³/mol. The third-order valence-electron chi connectivity index (χ3n) is 4.17. The van der Waals surface area contributed by atoms with Gasteiger partial charge in [-0.25, -0.2) is 5.01 Å². The number of hydrazone groups is 1. The molecule has 1 atom stereocenters. The Labute approximate surface area is 152 Å². The highest BCUT2D eigenvalue weighted by Gasteiger charge is 2.35. The van der Waals surface area contributed by atoms with Gasteiger partial charge in [-0.1, -0.05) is 37.6 Å². The molecule has 6 heteroatoms. The van der Waals surface area contributed by atoms with Gasteiger partial charge in [0.25, 0.3) is 5.91 Å². The number of halogens is 1. The van der Waals surface area contributed by atoms with Gasteiger partial charge >= 0.3 is 0 Å². The molecule has 0 aliphatic carbocycles. The van der Waals surface area contributed by atoms with Gasteiger partial charge < -0.3 is 9.73 Å². The average Bonchev–Trinajstić information content (AvgIpc) is 3.24. The van der Waals surface area contributed by atoms with Gasteiger partial charge in [-0.05, 0) is 29.8 Å². The number of benzene rings is 1. The molecule has 25 heavy (non-hydrogen) atoms. The number of amides is 1. The quantitative estimate of drug-likeness (QED) is 0.861. The van der Waals surface area contributed by atoms with Crippen LogP contribution in [0.3, 0.4) is 0 Å². The van der Waals surface area contributed by atoms with Crippen LogP contribution in [0.5, 0.6) is 0 Å². The molecular formula is C19H23ClN3O2+. The fraction of sp³-hybridized carbons (Fsp3) is 0.368. The van der Waals surface area contributed by atoms with Crippen molar-refractivity contribution in [2.24, 2.45) is 11.0 Å². The highest BCUT2D eigenvalue weighted by Crippen LogP contribution is 2.33. The fourth-order valence-corrected chi connectivity index (χ4v) is 3.02. The largest absolute Gasteiger partial charge is 0.467 e. The van der Waals surface area contributed by atoms with Crippen LogP contribution in [0.15, 0.2) is 52.2 Å². The number of carbonyl (C=O) groups is 1. The minimum atomic E-state index is -0.194. The smallest absolute Gasteiger partial charge is 0.298 e. The Morgan fingerprint density at radius 2 is 2.12 bits per heavy atom. The second-order valence-electron chi connectivity index (χ2n) is 6.65. The molecule has 1 aliphatic rings. The van der Waals surface area contributed by atoms with E-state index in [4.69, 9.17) is 16.0 Å². The van der Waals surface area contributed by atoms with E-state index in [9.17, 15) is 4.79 Å². The third kappa shape index (κ3) is 4.30. The lowest BCUT2D eigenvalue weighted by atomic mass is 10.0. The Bertz CT molecular complexity index is 739. The number of carbonyl (C=O) groups excluding carboxylic acids is 1. The minimum Gasteiger partial charge on any atom is -0.467 e. The lowest BCUT2D eigenvalue weighted by molar-refractivity contribution is -0.649. The van der Waals surface area contributed by atoms with Crippen molar-refractivity contribution in [3.05, 3.63) is 59.0 Å². The second-order valence-corrected chi connectivity index (χ2v) is 7.09. The van der Waals surface area contributed by atoms with Crippen LogP contribution in [0.2, 0.25) is 5.02 Å². The van der Waals surface area contributed by atoms with Crippen LogP contribution < -0.4 is 5.32 Å². The van der Waals surface area contributed by atoms with Gasteiger partial charge in [0.2, 0.25) is 0 Å². The van der Waals surface area contributed by atoms with E-state index >= 15 is 0 Å². The van der Waals surface area contributed by atoms with Crippen LogP contribution in [0.1, 0.15) is 37.6 Å². The Kier molecular flexibility index (Phi) is 5.56. The van der Waals surface area contributed by atoms with Crippen LogP contribution in [-0.4, -0.2) is 29.7 Å². The zero-order valence-electron chi connectivity index (χ0n) is 14.5. The standard InChI is InChI=1S/C19H22ClN3O2/c1-13(2)11-21-12-19(24)23-17(18-4-3-9-25-18)10-16(22-23)14-5-7-15(20)8-6-14/h3-9,13,17,21H,10-12H2,1-2H3/p+1/t17-/m1/s1. The van der Waals surface area contributed by atoms with Crippen molar-refractivity contribution >= 4 is 23.2 Å². The number of hydrogen-bond acceptors (Lipinski definition) is 3. The highest BCUT2D eigenvalue weighted by atomic mass is 35.5. The normalized spacial score (nSPS) is 17.2. The summed E-state index contributed by atoms with van der Waals surface area (Å²) in [5.41, 5.74) is 1.85. The van der Waals surface area contributed by atoms with E-state index < -0.39 is 0 Å². The van der Waals surface area contributed by atoms with Crippen molar-refractivity contribution in [2.45, 2.75) is 26.3 Å². The molecule has 3 rings (SSSR count). The third-order valence-corrected chi connectivity index (χ3v) is 4.42. The molecule has 0 saturated heterocycles. The summed E-state index contributed by atoms with van der Waals surface area (Å²) in [5, 5.41) is 8.88. The van der Waals surface area contributed by atoms with E-state index in [0.29, 0.717) is 23.9 Å². The average molecular weight is 361 g/mol. The van der Waals surface area contributed by atoms with Crippen LogP contribution in [-0.2, 0) is 4.79 Å². The Balaban J connectivity index is 1.79. The van der Waals surface area contributed by atoms with Crippen molar-refractivity contribution in [2.75, 3.05) is 13.1 Å². The molecular weight excluding hydrogens is 338 g/mol. The topological polar surface area (TPSA) is 62.4 Å². The van der Waals surface area contributed by atoms with Crippen LogP contribution in [0, 0.1) is 5.92 Å². The van der Waals surface area contributed by atoms with Crippen molar-refractivity contribution in [3.8, 4) is 0 Å². The number of quaternary nitrogens is 1. The Morgan fingerprint density at radius 3 is 2.76 bits per heavy atom. The summed E-state index contributed by atoms with van der Waals surface area (Å²) in [6, 6.07) is 11.1. The minimum absolute atomic E-state index is 0.00832. The van der Waals surface area contributed by atoms with Gasteiger partial charge in [0.15, 0.2) is 6.54 Å². The molecule has 0 bridgehead atoms. The molecule has 0 saturated carbocycles. The maximum atomic E-state index is 12.7. The van der Waals surface area contributed by atoms with Crippen molar-refractivity contribution in [1.82, 2.24) is 5.01 Å². The molecule has 0 spiro atoms. The number of nitrogens with two attached hydrogens (primary N) is 1. The van der Waals surface area contributed by atoms with Gasteiger partial charge in [-0.15, -0.1) is 0 Å². The molecule has 2 aromatic rings.